The molecule has 2 aromatic heterocycles. The highest BCUT2D eigenvalue weighted by molar-refractivity contribution is 5.93. The second-order valence-corrected chi connectivity index (χ2v) is 6.15. The lowest BCUT2D eigenvalue weighted by Gasteiger charge is -2.35. The van der Waals surface area contributed by atoms with E-state index in [1.54, 1.807) is 10.9 Å². The number of aliphatic hydroxyl groups excluding tert-OH is 1. The topological polar surface area (TPSA) is 120 Å². The van der Waals surface area contributed by atoms with Crippen LogP contribution < -0.4 is 5.73 Å². The fraction of sp³-hybridized carbons (Fsp3) is 0.294. The molecule has 0 bridgehead atoms. The van der Waals surface area contributed by atoms with Crippen molar-refractivity contribution in [3.05, 3.63) is 53.5 Å². The third kappa shape index (κ3) is 2.60. The van der Waals surface area contributed by atoms with E-state index in [0.717, 1.165) is 24.0 Å². The Labute approximate surface area is 143 Å². The van der Waals surface area contributed by atoms with Crippen molar-refractivity contribution in [1.82, 2.24) is 20.2 Å². The normalized spacial score (nSPS) is 19.6. The quantitative estimate of drug-likeness (QED) is 0.729. The Morgan fingerprint density at radius 3 is 2.76 bits per heavy atom. The molecule has 0 unspecified atom stereocenters. The maximum atomic E-state index is 11.7. The molecule has 1 saturated carbocycles. The van der Waals surface area contributed by atoms with Gasteiger partial charge in [-0.2, -0.15) is 0 Å². The molecule has 8 heteroatoms. The molecule has 1 fully saturated rings. The highest BCUT2D eigenvalue weighted by Gasteiger charge is 2.39. The van der Waals surface area contributed by atoms with Gasteiger partial charge < -0.3 is 15.4 Å². The minimum absolute atomic E-state index is 0.0877. The van der Waals surface area contributed by atoms with Crippen LogP contribution in [-0.2, 0) is 6.61 Å². The fourth-order valence-electron chi connectivity index (χ4n) is 3.37. The average molecular weight is 339 g/mol. The first-order valence-electron chi connectivity index (χ1n) is 8.03. The zero-order valence-corrected chi connectivity index (χ0v) is 13.4. The van der Waals surface area contributed by atoms with Crippen LogP contribution in [0.25, 0.3) is 11.3 Å². The van der Waals surface area contributed by atoms with Crippen LogP contribution in [-0.4, -0.2) is 31.2 Å². The lowest BCUT2D eigenvalue weighted by Crippen LogP contribution is -2.29. The summed E-state index contributed by atoms with van der Waals surface area (Å²) in [5.41, 5.74) is 8.42. The molecule has 25 heavy (non-hydrogen) atoms. The van der Waals surface area contributed by atoms with Gasteiger partial charge in [-0.1, -0.05) is 40.7 Å². The van der Waals surface area contributed by atoms with Crippen molar-refractivity contribution in [3.8, 4) is 11.3 Å². The van der Waals surface area contributed by atoms with E-state index < -0.39 is 5.91 Å². The van der Waals surface area contributed by atoms with Gasteiger partial charge in [0.2, 0.25) is 5.76 Å². The maximum Gasteiger partial charge on any atom is 0.287 e. The molecule has 4 rings (SSSR count). The van der Waals surface area contributed by atoms with Crippen molar-refractivity contribution in [2.75, 3.05) is 0 Å². The SMILES string of the molecule is NC(=O)c1onc(-c2ccccc2)c1[C@H]1C[C@@H](n2nncc2CO)C1. The first kappa shape index (κ1) is 15.5. The van der Waals surface area contributed by atoms with Crippen molar-refractivity contribution in [2.45, 2.75) is 31.4 Å². The highest BCUT2D eigenvalue weighted by atomic mass is 16.5. The number of nitrogens with two attached hydrogens (primary N) is 1. The Morgan fingerprint density at radius 1 is 1.32 bits per heavy atom. The van der Waals surface area contributed by atoms with Crippen molar-refractivity contribution in [1.29, 1.82) is 0 Å². The Bertz CT molecular complexity index is 896. The minimum atomic E-state index is -0.620. The number of primary amides is 1. The van der Waals surface area contributed by atoms with E-state index in [0.29, 0.717) is 11.4 Å². The van der Waals surface area contributed by atoms with E-state index in [4.69, 9.17) is 10.3 Å². The minimum Gasteiger partial charge on any atom is -0.390 e. The summed E-state index contributed by atoms with van der Waals surface area (Å²) in [5.74, 6) is -0.419. The van der Waals surface area contributed by atoms with E-state index in [2.05, 4.69) is 15.5 Å². The van der Waals surface area contributed by atoms with Gasteiger partial charge in [0.15, 0.2) is 0 Å². The van der Waals surface area contributed by atoms with Crippen molar-refractivity contribution in [2.24, 2.45) is 5.73 Å². The molecular formula is C17H17N5O3. The summed E-state index contributed by atoms with van der Waals surface area (Å²) in [6.45, 7) is -0.108. The van der Waals surface area contributed by atoms with Gasteiger partial charge in [0, 0.05) is 11.1 Å². The summed E-state index contributed by atoms with van der Waals surface area (Å²) in [6, 6.07) is 9.69. The van der Waals surface area contributed by atoms with E-state index in [9.17, 15) is 9.90 Å². The first-order chi connectivity index (χ1) is 12.2. The molecule has 1 aliphatic carbocycles. The summed E-state index contributed by atoms with van der Waals surface area (Å²) in [6.07, 6.45) is 3.05. The Morgan fingerprint density at radius 2 is 2.08 bits per heavy atom. The van der Waals surface area contributed by atoms with E-state index in [1.165, 1.54) is 0 Å². The third-order valence-electron chi connectivity index (χ3n) is 4.68. The van der Waals surface area contributed by atoms with Crippen molar-refractivity contribution in [3.63, 3.8) is 0 Å². The number of rotatable bonds is 5. The zero-order chi connectivity index (χ0) is 17.4. The van der Waals surface area contributed by atoms with Gasteiger partial charge in [0.25, 0.3) is 5.91 Å². The Hall–Kier alpha value is -3.00. The number of aromatic nitrogens is 4. The lowest BCUT2D eigenvalue weighted by atomic mass is 9.74. The van der Waals surface area contributed by atoms with Crippen LogP contribution in [0.3, 0.4) is 0 Å². The van der Waals surface area contributed by atoms with Crippen LogP contribution in [0.1, 0.15) is 46.6 Å². The molecule has 0 spiro atoms. The van der Waals surface area contributed by atoms with Crippen molar-refractivity contribution < 1.29 is 14.4 Å². The molecule has 3 aromatic rings. The van der Waals surface area contributed by atoms with Gasteiger partial charge in [0.1, 0.15) is 5.69 Å². The number of carbonyl (C=O) groups is 1. The molecule has 128 valence electrons. The number of nitrogens with zero attached hydrogens (tertiary/aromatic N) is 4. The summed E-state index contributed by atoms with van der Waals surface area (Å²) < 4.78 is 6.97. The number of carbonyl (C=O) groups excluding carboxylic acids is 1. The summed E-state index contributed by atoms with van der Waals surface area (Å²) in [7, 11) is 0. The van der Waals surface area contributed by atoms with E-state index in [-0.39, 0.29) is 24.3 Å². The molecule has 0 radical (unpaired) electrons. The van der Waals surface area contributed by atoms with Gasteiger partial charge in [-0.05, 0) is 18.8 Å². The number of benzene rings is 1. The monoisotopic (exact) mass is 339 g/mol. The molecule has 0 saturated heterocycles. The predicted octanol–water partition coefficient (Wildman–Crippen LogP) is 1.64. The number of hydrogen-bond donors (Lipinski definition) is 2. The van der Waals surface area contributed by atoms with Crippen LogP contribution in [0.5, 0.6) is 0 Å². The van der Waals surface area contributed by atoms with E-state index >= 15 is 0 Å². The number of amides is 1. The summed E-state index contributed by atoms with van der Waals surface area (Å²) in [4.78, 5) is 11.7. The van der Waals surface area contributed by atoms with Crippen molar-refractivity contribution >= 4 is 5.91 Å². The van der Waals surface area contributed by atoms with Gasteiger partial charge in [-0.25, -0.2) is 4.68 Å². The van der Waals surface area contributed by atoms with Gasteiger partial charge in [-0.3, -0.25) is 4.79 Å². The molecule has 1 aliphatic rings. The standard InChI is InChI=1S/C17H17N5O3/c18-17(24)16-14(15(20-25-16)10-4-2-1-3-5-10)11-6-12(7-11)22-13(9-23)8-19-21-22/h1-5,8,11-12,23H,6-7,9H2,(H2,18,24)/t11-,12+. The highest BCUT2D eigenvalue weighted by Crippen LogP contribution is 2.48. The second kappa shape index (κ2) is 6.14. The smallest absolute Gasteiger partial charge is 0.287 e. The first-order valence-corrected chi connectivity index (χ1v) is 8.03. The zero-order valence-electron chi connectivity index (χ0n) is 13.4. The number of aliphatic hydroxyl groups is 1. The van der Waals surface area contributed by atoms with Crippen LogP contribution in [0.15, 0.2) is 41.1 Å². The number of hydrogen-bond acceptors (Lipinski definition) is 6. The van der Waals surface area contributed by atoms with E-state index in [1.807, 2.05) is 30.3 Å². The molecule has 0 aliphatic heterocycles. The third-order valence-corrected chi connectivity index (χ3v) is 4.68. The summed E-state index contributed by atoms with van der Waals surface area (Å²) >= 11 is 0. The molecular weight excluding hydrogens is 322 g/mol. The largest absolute Gasteiger partial charge is 0.390 e. The second-order valence-electron chi connectivity index (χ2n) is 6.15. The fourth-order valence-corrected chi connectivity index (χ4v) is 3.37. The Kier molecular flexibility index (Phi) is 3.81. The molecule has 3 N–H and O–H groups in total. The van der Waals surface area contributed by atoms with Crippen LogP contribution in [0.4, 0.5) is 0 Å². The van der Waals surface area contributed by atoms with Crippen LogP contribution >= 0.6 is 0 Å². The molecule has 8 nitrogen and oxygen atoms in total. The van der Waals surface area contributed by atoms with Gasteiger partial charge >= 0.3 is 0 Å². The maximum absolute atomic E-state index is 11.7. The van der Waals surface area contributed by atoms with Crippen LogP contribution in [0, 0.1) is 0 Å². The molecule has 0 atom stereocenters. The van der Waals surface area contributed by atoms with Gasteiger partial charge in [0.05, 0.1) is 24.5 Å². The Balaban J connectivity index is 1.65. The lowest BCUT2D eigenvalue weighted by molar-refractivity contribution is 0.0960. The molecule has 2 heterocycles. The van der Waals surface area contributed by atoms with Gasteiger partial charge in [-0.15, -0.1) is 5.10 Å². The average Bonchev–Trinajstić information content (AvgIpc) is 3.21. The predicted molar refractivity (Wildman–Crippen MR) is 87.4 cm³/mol. The van der Waals surface area contributed by atoms with Crippen LogP contribution in [0.2, 0.25) is 0 Å². The molecule has 1 amide bonds. The summed E-state index contributed by atoms with van der Waals surface area (Å²) in [5, 5.41) is 21.3. The molecule has 1 aromatic carbocycles.